The van der Waals surface area contributed by atoms with Gasteiger partial charge in [0.2, 0.25) is 5.69 Å². The van der Waals surface area contributed by atoms with Gasteiger partial charge in [-0.1, -0.05) is 80.6 Å². The van der Waals surface area contributed by atoms with Crippen LogP contribution in [0.4, 0.5) is 11.4 Å². The second kappa shape index (κ2) is 9.32. The van der Waals surface area contributed by atoms with E-state index in [9.17, 15) is 0 Å². The molecule has 0 saturated heterocycles. The lowest BCUT2D eigenvalue weighted by atomic mass is 9.82. The third kappa shape index (κ3) is 4.23. The number of anilines is 1. The molecule has 35 heavy (non-hydrogen) atoms. The Bertz CT molecular complexity index is 1300. The number of nitrogens with zero attached hydrogens (tertiary/aromatic N) is 2. The van der Waals surface area contributed by atoms with Gasteiger partial charge in [-0.15, -0.1) is 0 Å². The molecule has 0 unspecified atom stereocenters. The first-order valence-electron chi connectivity index (χ1n) is 12.4. The molecule has 2 nitrogen and oxygen atoms in total. The van der Waals surface area contributed by atoms with Gasteiger partial charge in [0, 0.05) is 47.4 Å². The van der Waals surface area contributed by atoms with Gasteiger partial charge >= 0.3 is 0 Å². The minimum absolute atomic E-state index is 0.0124. The van der Waals surface area contributed by atoms with Gasteiger partial charge in [-0.3, -0.25) is 0 Å². The number of allylic oxidation sites excluding steroid dienone is 7. The lowest BCUT2D eigenvalue weighted by Crippen LogP contribution is -2.25. The number of para-hydroxylation sites is 2. The van der Waals surface area contributed by atoms with Gasteiger partial charge in [-0.25, -0.2) is 4.58 Å². The molecule has 1 aliphatic carbocycles. The zero-order valence-electron chi connectivity index (χ0n) is 22.2. The minimum Gasteiger partial charge on any atom is -0.347 e. The molecule has 0 aromatic heterocycles. The average Bonchev–Trinajstić information content (AvgIpc) is 3.36. The second-order valence-corrected chi connectivity index (χ2v) is 11.2. The molecule has 3 heteroatoms. The van der Waals surface area contributed by atoms with Crippen LogP contribution in [0, 0.1) is 0 Å². The van der Waals surface area contributed by atoms with E-state index in [0.29, 0.717) is 0 Å². The van der Waals surface area contributed by atoms with Crippen LogP contribution in [0.1, 0.15) is 58.6 Å². The van der Waals surface area contributed by atoms with E-state index in [0.717, 1.165) is 23.4 Å². The van der Waals surface area contributed by atoms with E-state index in [2.05, 4.69) is 125 Å². The zero-order valence-corrected chi connectivity index (χ0v) is 23.0. The van der Waals surface area contributed by atoms with Crippen LogP contribution in [0.15, 0.2) is 95.2 Å². The van der Waals surface area contributed by atoms with Crippen LogP contribution in [0.3, 0.4) is 0 Å². The summed E-state index contributed by atoms with van der Waals surface area (Å²) in [6, 6.07) is 17.2. The third-order valence-electron chi connectivity index (χ3n) is 8.20. The normalized spacial score (nSPS) is 21.9. The van der Waals surface area contributed by atoms with Crippen molar-refractivity contribution in [2.45, 2.75) is 58.3 Å². The molecule has 0 bridgehead atoms. The van der Waals surface area contributed by atoms with Crippen LogP contribution in [0.5, 0.6) is 0 Å². The Morgan fingerprint density at radius 1 is 0.914 bits per heavy atom. The topological polar surface area (TPSA) is 6.25 Å². The predicted octanol–water partition coefficient (Wildman–Crippen LogP) is 8.41. The van der Waals surface area contributed by atoms with Gasteiger partial charge in [0.1, 0.15) is 7.05 Å². The number of rotatable bonds is 2. The highest BCUT2D eigenvalue weighted by Gasteiger charge is 2.41. The van der Waals surface area contributed by atoms with E-state index in [1.54, 1.807) is 0 Å². The molecule has 182 valence electrons. The Hall–Kier alpha value is -2.84. The molecule has 3 aliphatic rings. The van der Waals surface area contributed by atoms with Crippen LogP contribution in [0.25, 0.3) is 0 Å². The van der Waals surface area contributed by atoms with Crippen molar-refractivity contribution < 1.29 is 4.58 Å². The third-order valence-corrected chi connectivity index (χ3v) is 8.69. The number of halogens is 1. The summed E-state index contributed by atoms with van der Waals surface area (Å²) in [5, 5.41) is 0.878. The Kier molecular flexibility index (Phi) is 6.72. The van der Waals surface area contributed by atoms with E-state index >= 15 is 0 Å². The molecule has 2 aromatic carbocycles. The van der Waals surface area contributed by atoms with Gasteiger partial charge < -0.3 is 4.90 Å². The van der Waals surface area contributed by atoms with Crippen molar-refractivity contribution in [2.24, 2.45) is 0 Å². The largest absolute Gasteiger partial charge is 0.347 e. The van der Waals surface area contributed by atoms with Gasteiger partial charge in [-0.05, 0) is 55.5 Å². The minimum atomic E-state index is 0.0124. The SMILES string of the molecule is C=CC1=C(Cl)/C(=C\C=C2/N(C)c3ccccc3C2(C)C)CC1.CC1=[N+](C)c2ccccc2C1(C)C. The molecule has 0 radical (unpaired) electrons. The first-order valence-corrected chi connectivity index (χ1v) is 12.8. The Morgan fingerprint density at radius 2 is 1.54 bits per heavy atom. The van der Waals surface area contributed by atoms with Crippen LogP contribution >= 0.6 is 11.6 Å². The van der Waals surface area contributed by atoms with E-state index in [4.69, 9.17) is 11.6 Å². The molecule has 0 saturated carbocycles. The summed E-state index contributed by atoms with van der Waals surface area (Å²) >= 11 is 6.42. The summed E-state index contributed by atoms with van der Waals surface area (Å²) in [5.41, 5.74) is 10.8. The number of hydrogen-bond acceptors (Lipinski definition) is 1. The Labute approximate surface area is 216 Å². The van der Waals surface area contributed by atoms with Crippen LogP contribution in [-0.4, -0.2) is 24.4 Å². The molecule has 0 spiro atoms. The van der Waals surface area contributed by atoms with Crippen LogP contribution in [-0.2, 0) is 10.8 Å². The molecule has 2 aliphatic heterocycles. The first kappa shape index (κ1) is 25.3. The highest BCUT2D eigenvalue weighted by Crippen LogP contribution is 2.47. The predicted molar refractivity (Wildman–Crippen MR) is 152 cm³/mol. The van der Waals surface area contributed by atoms with E-state index < -0.39 is 0 Å². The maximum absolute atomic E-state index is 6.42. The average molecular weight is 486 g/mol. The van der Waals surface area contributed by atoms with Gasteiger partial charge in [0.05, 0.1) is 5.41 Å². The lowest BCUT2D eigenvalue weighted by Gasteiger charge is -2.23. The maximum atomic E-state index is 6.42. The van der Waals surface area contributed by atoms with Crippen molar-refractivity contribution in [3.8, 4) is 0 Å². The second-order valence-electron chi connectivity index (χ2n) is 10.8. The highest BCUT2D eigenvalue weighted by molar-refractivity contribution is 6.33. The van der Waals surface area contributed by atoms with Crippen molar-refractivity contribution in [1.29, 1.82) is 0 Å². The zero-order chi connectivity index (χ0) is 25.5. The van der Waals surface area contributed by atoms with Crippen molar-refractivity contribution >= 4 is 28.7 Å². The maximum Gasteiger partial charge on any atom is 0.209 e. The number of fused-ring (bicyclic) bond motifs is 2. The fourth-order valence-corrected chi connectivity index (χ4v) is 5.94. The summed E-state index contributed by atoms with van der Waals surface area (Å²) in [5.74, 6) is 0. The van der Waals surface area contributed by atoms with Crippen molar-refractivity contribution in [1.82, 2.24) is 0 Å². The monoisotopic (exact) mass is 485 g/mol. The number of likely N-dealkylation sites (N-methyl/N-ethyl adjacent to an activating group) is 1. The quantitative estimate of drug-likeness (QED) is 0.387. The van der Waals surface area contributed by atoms with Gasteiger partial charge in [-0.2, -0.15) is 0 Å². The molecule has 0 fully saturated rings. The molecule has 0 N–H and O–H groups in total. The van der Waals surface area contributed by atoms with E-state index in [1.807, 2.05) is 6.08 Å². The summed E-state index contributed by atoms with van der Waals surface area (Å²) in [7, 11) is 4.28. The first-order chi connectivity index (χ1) is 16.5. The lowest BCUT2D eigenvalue weighted by molar-refractivity contribution is -0.403. The number of hydrogen-bond donors (Lipinski definition) is 0. The Balaban J connectivity index is 0.000000189. The summed E-state index contributed by atoms with van der Waals surface area (Å²) in [6.07, 6.45) is 8.28. The van der Waals surface area contributed by atoms with Crippen molar-refractivity contribution in [2.75, 3.05) is 19.0 Å². The molecule has 0 amide bonds. The molecular formula is C32H38ClN2+. The smallest absolute Gasteiger partial charge is 0.209 e. The molecule has 5 rings (SSSR count). The van der Waals surface area contributed by atoms with Gasteiger partial charge in [0.25, 0.3) is 0 Å². The van der Waals surface area contributed by atoms with Crippen LogP contribution in [0.2, 0.25) is 0 Å². The fourth-order valence-electron chi connectivity index (χ4n) is 5.61. The fraction of sp³-hybridized carbons (Fsp3) is 0.344. The molecular weight excluding hydrogens is 448 g/mol. The van der Waals surface area contributed by atoms with E-state index in [-0.39, 0.29) is 10.8 Å². The molecule has 2 aromatic rings. The molecule has 0 atom stereocenters. The Morgan fingerprint density at radius 3 is 2.14 bits per heavy atom. The van der Waals surface area contributed by atoms with Crippen LogP contribution < -0.4 is 4.90 Å². The summed E-state index contributed by atoms with van der Waals surface area (Å²) < 4.78 is 2.29. The van der Waals surface area contributed by atoms with Crippen molar-refractivity contribution in [3.63, 3.8) is 0 Å². The number of benzene rings is 2. The standard InChI is InChI=1S/C20H22ClN.C12H16N/c1-5-14-10-11-15(19(14)21)12-13-18-20(2,3)16-8-6-7-9-17(16)22(18)4;1-9-12(2,3)10-7-5-6-8-11(10)13(9)4/h5-9,12-13H,1,10-11H2,2-4H3;5-8H,1-4H3/q;+1/b15-12-,18-13-;. The summed E-state index contributed by atoms with van der Waals surface area (Å²) in [4.78, 5) is 2.29. The van der Waals surface area contributed by atoms with E-state index in [1.165, 1.54) is 39.5 Å². The van der Waals surface area contributed by atoms with Crippen molar-refractivity contribution in [3.05, 3.63) is 106 Å². The van der Waals surface area contributed by atoms with Gasteiger partial charge in [0.15, 0.2) is 5.71 Å². The highest BCUT2D eigenvalue weighted by atomic mass is 35.5. The summed E-state index contributed by atoms with van der Waals surface area (Å²) in [6.45, 7) is 15.2. The molecule has 2 heterocycles.